The molecule has 2 heterocycles. The van der Waals surface area contributed by atoms with Crippen molar-refractivity contribution >= 4 is 29.4 Å². The van der Waals surface area contributed by atoms with Crippen molar-refractivity contribution in [3.8, 4) is 0 Å². The Morgan fingerprint density at radius 3 is 2.58 bits per heavy atom. The summed E-state index contributed by atoms with van der Waals surface area (Å²) >= 11 is 0. The summed E-state index contributed by atoms with van der Waals surface area (Å²) in [6.45, 7) is 1.53. The summed E-state index contributed by atoms with van der Waals surface area (Å²) in [5.41, 5.74) is -0.762. The SMILES string of the molecule is CCN1C(=O)c2ccccc2N2C(=O)CC[C@]12C(=O)OCC(=O)N(C)C. The molecular weight excluding hydrogens is 338 g/mol. The van der Waals surface area contributed by atoms with Gasteiger partial charge >= 0.3 is 5.97 Å². The van der Waals surface area contributed by atoms with Crippen LogP contribution in [0.4, 0.5) is 5.69 Å². The van der Waals surface area contributed by atoms with E-state index in [9.17, 15) is 19.2 Å². The summed E-state index contributed by atoms with van der Waals surface area (Å²) in [5.74, 6) is -1.72. The van der Waals surface area contributed by atoms with E-state index in [1.807, 2.05) is 0 Å². The topological polar surface area (TPSA) is 87.2 Å². The standard InChI is InChI=1S/C18H21N3O5/c1-4-20-16(24)12-7-5-6-8-13(12)21-14(22)9-10-18(20,21)17(25)26-11-15(23)19(2)3/h5-8H,4,9-11H2,1-3H3/t18-/m0/s1. The molecule has 1 fully saturated rings. The quantitative estimate of drug-likeness (QED) is 0.736. The first-order valence-corrected chi connectivity index (χ1v) is 8.46. The molecule has 0 saturated carbocycles. The van der Waals surface area contributed by atoms with Gasteiger partial charge in [0.05, 0.1) is 11.3 Å². The molecule has 8 heteroatoms. The van der Waals surface area contributed by atoms with Gasteiger partial charge in [0.1, 0.15) is 0 Å². The molecule has 8 nitrogen and oxygen atoms in total. The third-order valence-corrected chi connectivity index (χ3v) is 4.84. The second-order valence-corrected chi connectivity index (χ2v) is 6.48. The van der Waals surface area contributed by atoms with E-state index < -0.39 is 18.2 Å². The van der Waals surface area contributed by atoms with Gasteiger partial charge in [-0.25, -0.2) is 4.79 Å². The Kier molecular flexibility index (Phi) is 4.43. The van der Waals surface area contributed by atoms with Gasteiger partial charge < -0.3 is 14.5 Å². The fourth-order valence-corrected chi connectivity index (χ4v) is 3.54. The number of para-hydroxylation sites is 1. The average molecular weight is 359 g/mol. The zero-order chi connectivity index (χ0) is 19.1. The zero-order valence-corrected chi connectivity index (χ0v) is 15.0. The van der Waals surface area contributed by atoms with Crippen molar-refractivity contribution in [1.82, 2.24) is 9.80 Å². The van der Waals surface area contributed by atoms with Crippen LogP contribution in [0.2, 0.25) is 0 Å². The number of hydrogen-bond donors (Lipinski definition) is 0. The normalized spacial score (nSPS) is 21.3. The molecule has 1 atom stereocenters. The van der Waals surface area contributed by atoms with Crippen molar-refractivity contribution in [2.75, 3.05) is 32.1 Å². The van der Waals surface area contributed by atoms with E-state index in [2.05, 4.69) is 0 Å². The van der Waals surface area contributed by atoms with E-state index in [4.69, 9.17) is 4.74 Å². The molecule has 0 bridgehead atoms. The van der Waals surface area contributed by atoms with Crippen molar-refractivity contribution < 1.29 is 23.9 Å². The number of carbonyl (C=O) groups excluding carboxylic acids is 4. The minimum atomic E-state index is -1.54. The monoisotopic (exact) mass is 359 g/mol. The lowest BCUT2D eigenvalue weighted by molar-refractivity contribution is -0.161. The van der Waals surface area contributed by atoms with Gasteiger partial charge in [-0.1, -0.05) is 12.1 Å². The molecule has 26 heavy (non-hydrogen) atoms. The Labute approximate surface area is 151 Å². The van der Waals surface area contributed by atoms with Gasteiger partial charge in [0, 0.05) is 33.5 Å². The third-order valence-electron chi connectivity index (χ3n) is 4.84. The molecule has 138 valence electrons. The molecule has 0 radical (unpaired) electrons. The summed E-state index contributed by atoms with van der Waals surface area (Å²) in [6.07, 6.45) is 0.254. The van der Waals surface area contributed by atoms with Crippen LogP contribution in [0.15, 0.2) is 24.3 Å². The number of anilines is 1. The van der Waals surface area contributed by atoms with Gasteiger partial charge in [-0.2, -0.15) is 0 Å². The molecule has 0 aromatic heterocycles. The van der Waals surface area contributed by atoms with Crippen LogP contribution in [-0.4, -0.2) is 66.4 Å². The molecule has 0 aliphatic carbocycles. The summed E-state index contributed by atoms with van der Waals surface area (Å²) < 4.78 is 5.24. The van der Waals surface area contributed by atoms with Crippen LogP contribution in [0, 0.1) is 0 Å². The number of ether oxygens (including phenoxy) is 1. The molecule has 1 aromatic carbocycles. The molecule has 2 aliphatic heterocycles. The maximum absolute atomic E-state index is 13.0. The van der Waals surface area contributed by atoms with Gasteiger partial charge in [0.2, 0.25) is 11.6 Å². The fourth-order valence-electron chi connectivity index (χ4n) is 3.54. The van der Waals surface area contributed by atoms with E-state index in [0.717, 1.165) is 0 Å². The molecule has 0 N–H and O–H groups in total. The Morgan fingerprint density at radius 2 is 1.92 bits per heavy atom. The number of benzene rings is 1. The largest absolute Gasteiger partial charge is 0.452 e. The van der Waals surface area contributed by atoms with E-state index in [-0.39, 0.29) is 37.1 Å². The molecule has 3 amide bonds. The second-order valence-electron chi connectivity index (χ2n) is 6.48. The van der Waals surface area contributed by atoms with E-state index >= 15 is 0 Å². The van der Waals surface area contributed by atoms with E-state index in [1.54, 1.807) is 45.3 Å². The van der Waals surface area contributed by atoms with Crippen LogP contribution in [0.1, 0.15) is 30.1 Å². The number of carbonyl (C=O) groups is 4. The number of amides is 3. The first kappa shape index (κ1) is 17.9. The molecule has 3 rings (SSSR count). The second kappa shape index (κ2) is 6.44. The van der Waals surface area contributed by atoms with Crippen molar-refractivity contribution in [2.24, 2.45) is 0 Å². The number of likely N-dealkylation sites (N-methyl/N-ethyl adjacent to an activating group) is 2. The predicted octanol–water partition coefficient (Wildman–Crippen LogP) is 0.617. The van der Waals surface area contributed by atoms with E-state index in [1.165, 1.54) is 14.7 Å². The lowest BCUT2D eigenvalue weighted by Gasteiger charge is -2.47. The Balaban J connectivity index is 2.05. The highest BCUT2D eigenvalue weighted by Gasteiger charge is 2.61. The van der Waals surface area contributed by atoms with Gasteiger partial charge in [0.15, 0.2) is 6.61 Å². The third kappa shape index (κ3) is 2.44. The lowest BCUT2D eigenvalue weighted by atomic mass is 9.96. The molecule has 0 unspecified atom stereocenters. The van der Waals surface area contributed by atoms with E-state index in [0.29, 0.717) is 11.3 Å². The molecule has 0 spiro atoms. The van der Waals surface area contributed by atoms with Crippen LogP contribution in [0.25, 0.3) is 0 Å². The fraction of sp³-hybridized carbons (Fsp3) is 0.444. The molecular formula is C18H21N3O5. The summed E-state index contributed by atoms with van der Waals surface area (Å²) in [6, 6.07) is 6.71. The lowest BCUT2D eigenvalue weighted by Crippen LogP contribution is -2.68. The highest BCUT2D eigenvalue weighted by Crippen LogP contribution is 2.44. The van der Waals surface area contributed by atoms with Crippen LogP contribution in [0.3, 0.4) is 0 Å². The summed E-state index contributed by atoms with van der Waals surface area (Å²) in [4.78, 5) is 54.4. The minimum absolute atomic E-state index is 0.120. The van der Waals surface area contributed by atoms with Crippen LogP contribution in [-0.2, 0) is 19.1 Å². The zero-order valence-electron chi connectivity index (χ0n) is 15.0. The number of nitrogens with zero attached hydrogens (tertiary/aromatic N) is 3. The maximum Gasteiger partial charge on any atom is 0.354 e. The van der Waals surface area contributed by atoms with Gasteiger partial charge in [0.25, 0.3) is 11.8 Å². The molecule has 2 aliphatic rings. The first-order valence-electron chi connectivity index (χ1n) is 8.46. The summed E-state index contributed by atoms with van der Waals surface area (Å²) in [7, 11) is 3.11. The van der Waals surface area contributed by atoms with Crippen LogP contribution < -0.4 is 4.90 Å². The predicted molar refractivity (Wildman–Crippen MR) is 92.3 cm³/mol. The van der Waals surface area contributed by atoms with Gasteiger partial charge in [-0.05, 0) is 19.1 Å². The summed E-state index contributed by atoms with van der Waals surface area (Å²) in [5, 5.41) is 0. The van der Waals surface area contributed by atoms with Crippen LogP contribution in [0.5, 0.6) is 0 Å². The smallest absolute Gasteiger partial charge is 0.354 e. The maximum atomic E-state index is 13.0. The van der Waals surface area contributed by atoms with Crippen LogP contribution >= 0.6 is 0 Å². The Morgan fingerprint density at radius 1 is 1.23 bits per heavy atom. The van der Waals surface area contributed by atoms with Crippen molar-refractivity contribution in [2.45, 2.75) is 25.4 Å². The Bertz CT molecular complexity index is 791. The van der Waals surface area contributed by atoms with Gasteiger partial charge in [-0.15, -0.1) is 0 Å². The minimum Gasteiger partial charge on any atom is -0.452 e. The van der Waals surface area contributed by atoms with Crippen molar-refractivity contribution in [1.29, 1.82) is 0 Å². The first-order chi connectivity index (χ1) is 12.3. The average Bonchev–Trinajstić information content (AvgIpc) is 2.98. The van der Waals surface area contributed by atoms with Gasteiger partial charge in [-0.3, -0.25) is 19.3 Å². The number of esters is 1. The highest BCUT2D eigenvalue weighted by atomic mass is 16.5. The van der Waals surface area contributed by atoms with Crippen molar-refractivity contribution in [3.05, 3.63) is 29.8 Å². The molecule has 1 aromatic rings. The van der Waals surface area contributed by atoms with Crippen molar-refractivity contribution in [3.63, 3.8) is 0 Å². The Hall–Kier alpha value is -2.90. The molecule has 1 saturated heterocycles. The number of fused-ring (bicyclic) bond motifs is 3. The number of rotatable bonds is 4. The number of hydrogen-bond acceptors (Lipinski definition) is 5. The highest BCUT2D eigenvalue weighted by molar-refractivity contribution is 6.15.